The zero-order chi connectivity index (χ0) is 16.7. The number of rotatable bonds is 3. The second-order valence-corrected chi connectivity index (χ2v) is 6.04. The van der Waals surface area contributed by atoms with Crippen LogP contribution in [0.25, 0.3) is 11.0 Å². The number of hydrogen-bond acceptors (Lipinski definition) is 4. The molecule has 3 heterocycles. The summed E-state index contributed by atoms with van der Waals surface area (Å²) in [6, 6.07) is 2.14. The lowest BCUT2D eigenvalue weighted by atomic mass is 10.2. The van der Waals surface area contributed by atoms with Gasteiger partial charge < -0.3 is 4.57 Å². The maximum Gasteiger partial charge on any atom is 0.331 e. The molecule has 0 saturated heterocycles. The molecule has 0 radical (unpaired) electrons. The van der Waals surface area contributed by atoms with E-state index in [1.54, 1.807) is 32.6 Å². The Kier molecular flexibility index (Phi) is 3.63. The van der Waals surface area contributed by atoms with E-state index in [1.165, 1.54) is 9.13 Å². The molecule has 0 saturated carbocycles. The Morgan fingerprint density at radius 1 is 1.22 bits per heavy atom. The van der Waals surface area contributed by atoms with Gasteiger partial charge in [-0.2, -0.15) is 5.10 Å². The predicted molar refractivity (Wildman–Crippen MR) is 87.7 cm³/mol. The lowest BCUT2D eigenvalue weighted by Gasteiger charge is -2.09. The molecule has 0 unspecified atom stereocenters. The molecule has 0 N–H and O–H groups in total. The van der Waals surface area contributed by atoms with Gasteiger partial charge in [0.05, 0.1) is 12.7 Å². The summed E-state index contributed by atoms with van der Waals surface area (Å²) in [5.74, 6) is 0. The van der Waals surface area contributed by atoms with E-state index in [2.05, 4.69) is 10.1 Å². The van der Waals surface area contributed by atoms with Crippen molar-refractivity contribution >= 4 is 11.0 Å². The zero-order valence-corrected chi connectivity index (χ0v) is 13.6. The van der Waals surface area contributed by atoms with E-state index in [4.69, 9.17) is 0 Å². The molecule has 7 heteroatoms. The quantitative estimate of drug-likeness (QED) is 0.729. The summed E-state index contributed by atoms with van der Waals surface area (Å²) < 4.78 is 4.49. The minimum atomic E-state index is -0.335. The van der Waals surface area contributed by atoms with Gasteiger partial charge in [0.1, 0.15) is 0 Å². The molecule has 0 aliphatic heterocycles. The Morgan fingerprint density at radius 2 is 1.96 bits per heavy atom. The largest absolute Gasteiger partial charge is 0.331 e. The average molecular weight is 313 g/mol. The molecule has 0 amide bonds. The first kappa shape index (κ1) is 15.2. The van der Waals surface area contributed by atoms with E-state index in [0.29, 0.717) is 5.56 Å². The molecular weight excluding hydrogens is 294 g/mol. The van der Waals surface area contributed by atoms with Gasteiger partial charge in [0, 0.05) is 36.4 Å². The van der Waals surface area contributed by atoms with Gasteiger partial charge in [-0.1, -0.05) is 0 Å². The summed E-state index contributed by atoms with van der Waals surface area (Å²) in [4.78, 5) is 28.8. The van der Waals surface area contributed by atoms with Crippen LogP contribution < -0.4 is 11.2 Å². The predicted octanol–water partition coefficient (Wildman–Crippen LogP) is 1.23. The van der Waals surface area contributed by atoms with Crippen LogP contribution in [0.4, 0.5) is 0 Å². The normalized spacial score (nSPS) is 11.5. The summed E-state index contributed by atoms with van der Waals surface area (Å²) in [5.41, 5.74) is 1.53. The van der Waals surface area contributed by atoms with E-state index >= 15 is 0 Å². The van der Waals surface area contributed by atoms with Gasteiger partial charge in [0.2, 0.25) is 0 Å². The number of pyridine rings is 1. The molecule has 0 aliphatic carbocycles. The molecular formula is C16H19N5O2. The highest BCUT2D eigenvalue weighted by Crippen LogP contribution is 2.16. The summed E-state index contributed by atoms with van der Waals surface area (Å²) in [7, 11) is 1.64. The number of nitrogens with zero attached hydrogens (tertiary/aromatic N) is 5. The second kappa shape index (κ2) is 5.49. The fraction of sp³-hybridized carbons (Fsp3) is 0.375. The molecule has 0 atom stereocenters. The Bertz CT molecular complexity index is 960. The third-order valence-electron chi connectivity index (χ3n) is 3.82. The minimum absolute atomic E-state index is 0.197. The molecule has 0 bridgehead atoms. The first-order chi connectivity index (χ1) is 10.9. The van der Waals surface area contributed by atoms with Crippen molar-refractivity contribution in [2.45, 2.75) is 33.4 Å². The van der Waals surface area contributed by atoms with Crippen molar-refractivity contribution < 1.29 is 0 Å². The van der Waals surface area contributed by atoms with Gasteiger partial charge in [0.15, 0.2) is 5.65 Å². The van der Waals surface area contributed by atoms with Crippen LogP contribution in [0.5, 0.6) is 0 Å². The van der Waals surface area contributed by atoms with Gasteiger partial charge in [-0.3, -0.25) is 9.36 Å². The standard InChI is InChI=1S/C16H19N5O2/c1-10(2)21-14-13(7-18-21)5-12(6-17-14)9-20-15(22)11(3)8-19(4)16(20)23/h5-8,10H,9H2,1-4H3. The van der Waals surface area contributed by atoms with Crippen LogP contribution in [-0.4, -0.2) is 23.9 Å². The van der Waals surface area contributed by atoms with Crippen molar-refractivity contribution in [1.82, 2.24) is 23.9 Å². The van der Waals surface area contributed by atoms with Crippen molar-refractivity contribution in [3.05, 3.63) is 56.6 Å². The molecule has 0 aliphatic rings. The monoisotopic (exact) mass is 313 g/mol. The Hall–Kier alpha value is -2.70. The molecule has 3 aromatic rings. The molecule has 120 valence electrons. The van der Waals surface area contributed by atoms with E-state index < -0.39 is 0 Å². The molecule has 0 spiro atoms. The van der Waals surface area contributed by atoms with Crippen LogP contribution in [0.3, 0.4) is 0 Å². The summed E-state index contributed by atoms with van der Waals surface area (Å²) in [6.07, 6.45) is 5.00. The smallest absolute Gasteiger partial charge is 0.303 e. The molecule has 0 aromatic carbocycles. The number of fused-ring (bicyclic) bond motifs is 1. The number of aryl methyl sites for hydroxylation is 2. The molecule has 3 aromatic heterocycles. The van der Waals surface area contributed by atoms with Crippen molar-refractivity contribution in [1.29, 1.82) is 0 Å². The van der Waals surface area contributed by atoms with Crippen LogP contribution >= 0.6 is 0 Å². The van der Waals surface area contributed by atoms with Crippen molar-refractivity contribution in [2.24, 2.45) is 7.05 Å². The summed E-state index contributed by atoms with van der Waals surface area (Å²) in [6.45, 7) is 5.98. The fourth-order valence-corrected chi connectivity index (χ4v) is 2.66. The maximum absolute atomic E-state index is 12.2. The third-order valence-corrected chi connectivity index (χ3v) is 3.82. The summed E-state index contributed by atoms with van der Waals surface area (Å²) >= 11 is 0. The van der Waals surface area contributed by atoms with Crippen LogP contribution in [0.2, 0.25) is 0 Å². The number of hydrogen-bond donors (Lipinski definition) is 0. The van der Waals surface area contributed by atoms with E-state index in [0.717, 1.165) is 16.6 Å². The van der Waals surface area contributed by atoms with Crippen LogP contribution in [0.1, 0.15) is 31.0 Å². The minimum Gasteiger partial charge on any atom is -0.303 e. The van der Waals surface area contributed by atoms with Crippen molar-refractivity contribution in [2.75, 3.05) is 0 Å². The first-order valence-corrected chi connectivity index (χ1v) is 7.47. The lowest BCUT2D eigenvalue weighted by Crippen LogP contribution is -2.39. The van der Waals surface area contributed by atoms with Gasteiger partial charge in [-0.25, -0.2) is 14.5 Å². The summed E-state index contributed by atoms with van der Waals surface area (Å²) in [5, 5.41) is 5.22. The highest BCUT2D eigenvalue weighted by atomic mass is 16.2. The Morgan fingerprint density at radius 3 is 2.65 bits per heavy atom. The van der Waals surface area contributed by atoms with Crippen molar-refractivity contribution in [3.63, 3.8) is 0 Å². The Labute approximate surface area is 132 Å². The van der Waals surface area contributed by atoms with E-state index in [1.807, 2.05) is 24.6 Å². The lowest BCUT2D eigenvalue weighted by molar-refractivity contribution is 0.546. The SMILES string of the molecule is Cc1cn(C)c(=O)n(Cc2cnc3c(cnn3C(C)C)c2)c1=O. The fourth-order valence-electron chi connectivity index (χ4n) is 2.66. The molecule has 7 nitrogen and oxygen atoms in total. The van der Waals surface area contributed by atoms with Crippen LogP contribution in [0.15, 0.2) is 34.2 Å². The van der Waals surface area contributed by atoms with Gasteiger partial charge in [-0.15, -0.1) is 0 Å². The topological polar surface area (TPSA) is 74.7 Å². The molecule has 3 rings (SSSR count). The van der Waals surface area contributed by atoms with E-state index in [-0.39, 0.29) is 23.8 Å². The number of aromatic nitrogens is 5. The van der Waals surface area contributed by atoms with Crippen LogP contribution in [-0.2, 0) is 13.6 Å². The zero-order valence-electron chi connectivity index (χ0n) is 13.6. The second-order valence-electron chi connectivity index (χ2n) is 6.04. The third kappa shape index (κ3) is 2.58. The van der Waals surface area contributed by atoms with Gasteiger partial charge >= 0.3 is 5.69 Å². The van der Waals surface area contributed by atoms with Crippen LogP contribution in [0, 0.1) is 6.92 Å². The van der Waals surface area contributed by atoms with Gasteiger partial charge in [-0.05, 0) is 32.4 Å². The maximum atomic E-state index is 12.2. The Balaban J connectivity index is 2.07. The van der Waals surface area contributed by atoms with E-state index in [9.17, 15) is 9.59 Å². The highest BCUT2D eigenvalue weighted by molar-refractivity contribution is 5.75. The van der Waals surface area contributed by atoms with Crippen molar-refractivity contribution in [3.8, 4) is 0 Å². The first-order valence-electron chi connectivity index (χ1n) is 7.47. The van der Waals surface area contributed by atoms with Gasteiger partial charge in [0.25, 0.3) is 5.56 Å². The highest BCUT2D eigenvalue weighted by Gasteiger charge is 2.11. The molecule has 0 fully saturated rings. The molecule has 23 heavy (non-hydrogen) atoms. The average Bonchev–Trinajstić information content (AvgIpc) is 2.93.